The fourth-order valence-corrected chi connectivity index (χ4v) is 3.83. The summed E-state index contributed by atoms with van der Waals surface area (Å²) in [6.07, 6.45) is 6.06. The molecule has 25 heavy (non-hydrogen) atoms. The lowest BCUT2D eigenvalue weighted by Gasteiger charge is -2.43. The summed E-state index contributed by atoms with van der Waals surface area (Å²) < 4.78 is 11.7. The van der Waals surface area contributed by atoms with Crippen LogP contribution in [0.5, 0.6) is 5.75 Å². The maximum absolute atomic E-state index is 12.6. The molecule has 0 unspecified atom stereocenters. The van der Waals surface area contributed by atoms with Gasteiger partial charge in [-0.25, -0.2) is 4.79 Å². The third-order valence-corrected chi connectivity index (χ3v) is 5.67. The molecule has 1 spiro atoms. The van der Waals surface area contributed by atoms with Gasteiger partial charge in [-0.15, -0.1) is 0 Å². The van der Waals surface area contributed by atoms with Gasteiger partial charge in [0.25, 0.3) is 0 Å². The molecule has 3 aliphatic rings. The van der Waals surface area contributed by atoms with Gasteiger partial charge in [0.15, 0.2) is 0 Å². The van der Waals surface area contributed by atoms with Crippen molar-refractivity contribution < 1.29 is 14.3 Å². The highest BCUT2D eigenvalue weighted by Crippen LogP contribution is 2.38. The second-order valence-corrected chi connectivity index (χ2v) is 7.34. The Morgan fingerprint density at radius 1 is 1.00 bits per heavy atom. The average molecular weight is 342 g/mol. The number of hydrogen-bond acceptors (Lipinski definition) is 3. The lowest BCUT2D eigenvalue weighted by molar-refractivity contribution is 0.0220. The second kappa shape index (κ2) is 6.37. The van der Waals surface area contributed by atoms with Gasteiger partial charge in [0.1, 0.15) is 11.4 Å². The topological polar surface area (TPSA) is 42.0 Å². The van der Waals surface area contributed by atoms with Crippen LogP contribution in [-0.2, 0) is 4.74 Å². The molecular weight excluding hydrogens is 316 g/mol. The molecule has 0 atom stereocenters. The number of carbonyl (C=O) groups excluding carboxylic acids is 1. The first-order valence-corrected chi connectivity index (χ1v) is 9.17. The fourth-order valence-electron chi connectivity index (χ4n) is 3.83. The van der Waals surface area contributed by atoms with E-state index in [1.54, 1.807) is 0 Å². The Bertz CT molecular complexity index is 699. The molecule has 2 amide bonds. The molecule has 2 fully saturated rings. The Morgan fingerprint density at radius 2 is 1.64 bits per heavy atom. The zero-order valence-corrected chi connectivity index (χ0v) is 15.1. The van der Waals surface area contributed by atoms with Crippen molar-refractivity contribution in [1.29, 1.82) is 0 Å². The Kier molecular flexibility index (Phi) is 4.20. The number of morpholine rings is 1. The molecule has 2 saturated heterocycles. The second-order valence-electron chi connectivity index (χ2n) is 7.34. The highest BCUT2D eigenvalue weighted by Gasteiger charge is 2.39. The molecule has 0 aliphatic carbocycles. The first-order valence-electron chi connectivity index (χ1n) is 9.17. The maximum atomic E-state index is 12.6. The van der Waals surface area contributed by atoms with E-state index in [0.29, 0.717) is 26.3 Å². The van der Waals surface area contributed by atoms with Crippen molar-refractivity contribution in [1.82, 2.24) is 9.80 Å². The minimum absolute atomic E-state index is 0.143. The van der Waals surface area contributed by atoms with Gasteiger partial charge in [0.2, 0.25) is 0 Å². The van der Waals surface area contributed by atoms with E-state index in [-0.39, 0.29) is 11.6 Å². The van der Waals surface area contributed by atoms with Crippen molar-refractivity contribution in [2.45, 2.75) is 32.3 Å². The summed E-state index contributed by atoms with van der Waals surface area (Å²) in [6, 6.07) is 4.47. The molecule has 0 saturated carbocycles. The first kappa shape index (κ1) is 16.5. The van der Waals surface area contributed by atoms with Gasteiger partial charge in [-0.3, -0.25) is 0 Å². The third-order valence-electron chi connectivity index (χ3n) is 5.67. The van der Waals surface area contributed by atoms with E-state index >= 15 is 0 Å². The first-order chi connectivity index (χ1) is 12.1. The summed E-state index contributed by atoms with van der Waals surface area (Å²) in [4.78, 5) is 16.5. The van der Waals surface area contributed by atoms with Crippen LogP contribution in [0.4, 0.5) is 4.79 Å². The van der Waals surface area contributed by atoms with E-state index in [0.717, 1.165) is 37.2 Å². The van der Waals surface area contributed by atoms with Crippen molar-refractivity contribution in [3.8, 4) is 5.75 Å². The number of hydrogen-bond donors (Lipinski definition) is 0. The molecule has 134 valence electrons. The normalized spacial score (nSPS) is 21.8. The van der Waals surface area contributed by atoms with Gasteiger partial charge in [-0.1, -0.05) is 6.08 Å². The van der Waals surface area contributed by atoms with Crippen LogP contribution in [0.2, 0.25) is 0 Å². The fraction of sp³-hybridized carbons (Fsp3) is 0.550. The minimum Gasteiger partial charge on any atom is -0.482 e. The molecule has 3 aliphatic heterocycles. The van der Waals surface area contributed by atoms with Gasteiger partial charge >= 0.3 is 6.03 Å². The van der Waals surface area contributed by atoms with Crippen LogP contribution < -0.4 is 4.74 Å². The van der Waals surface area contributed by atoms with Gasteiger partial charge in [0, 0.05) is 44.6 Å². The maximum Gasteiger partial charge on any atom is 0.320 e. The quantitative estimate of drug-likeness (QED) is 0.728. The molecule has 3 heterocycles. The van der Waals surface area contributed by atoms with Gasteiger partial charge < -0.3 is 19.3 Å². The Balaban J connectivity index is 1.43. The predicted octanol–water partition coefficient (Wildman–Crippen LogP) is 3.00. The molecular formula is C20H26N2O3. The number of aryl methyl sites for hydroxylation is 2. The van der Waals surface area contributed by atoms with Crippen molar-refractivity contribution in [2.24, 2.45) is 0 Å². The van der Waals surface area contributed by atoms with Crippen LogP contribution in [0, 0.1) is 13.8 Å². The van der Waals surface area contributed by atoms with Crippen molar-refractivity contribution in [2.75, 3.05) is 39.4 Å². The number of piperidine rings is 1. The summed E-state index contributed by atoms with van der Waals surface area (Å²) in [5.74, 6) is 0.971. The van der Waals surface area contributed by atoms with Gasteiger partial charge in [0.05, 0.1) is 13.2 Å². The van der Waals surface area contributed by atoms with E-state index in [1.807, 2.05) is 9.80 Å². The number of amides is 2. The highest BCUT2D eigenvalue weighted by molar-refractivity contribution is 5.75. The zero-order chi connectivity index (χ0) is 17.4. The highest BCUT2D eigenvalue weighted by atomic mass is 16.5. The monoisotopic (exact) mass is 342 g/mol. The average Bonchev–Trinajstić information content (AvgIpc) is 2.64. The number of benzene rings is 1. The number of rotatable bonds is 0. The summed E-state index contributed by atoms with van der Waals surface area (Å²) in [7, 11) is 0. The van der Waals surface area contributed by atoms with Crippen molar-refractivity contribution in [3.05, 3.63) is 34.9 Å². The Morgan fingerprint density at radius 3 is 2.36 bits per heavy atom. The SMILES string of the molecule is Cc1cc2c(cc1C)OC1(C=C2)CCN(C(=O)N2CCOCC2)CC1. The standard InChI is InChI=1S/C20H26N2O3/c1-15-13-17-3-4-20(25-18(17)14-16(15)2)5-7-21(8-6-20)19(23)22-9-11-24-12-10-22/h3-4,13-14H,5-12H2,1-2H3. The Hall–Kier alpha value is -2.01. The third kappa shape index (κ3) is 3.13. The van der Waals surface area contributed by atoms with Crippen LogP contribution in [-0.4, -0.2) is 60.8 Å². The summed E-state index contributed by atoms with van der Waals surface area (Å²) in [5, 5.41) is 0. The summed E-state index contributed by atoms with van der Waals surface area (Å²) >= 11 is 0. The summed E-state index contributed by atoms with van der Waals surface area (Å²) in [6.45, 7) is 8.40. The molecule has 1 aromatic rings. The molecule has 1 aromatic carbocycles. The molecule has 0 aromatic heterocycles. The number of urea groups is 1. The zero-order valence-electron chi connectivity index (χ0n) is 15.1. The molecule has 5 heteroatoms. The van der Waals surface area contributed by atoms with Gasteiger partial charge in [-0.05, 0) is 43.2 Å². The molecule has 0 bridgehead atoms. The van der Waals surface area contributed by atoms with Crippen molar-refractivity contribution >= 4 is 12.1 Å². The van der Waals surface area contributed by atoms with Crippen LogP contribution in [0.15, 0.2) is 18.2 Å². The molecule has 0 radical (unpaired) electrons. The molecule has 5 nitrogen and oxygen atoms in total. The van der Waals surface area contributed by atoms with Gasteiger partial charge in [-0.2, -0.15) is 0 Å². The van der Waals surface area contributed by atoms with Crippen LogP contribution in [0.3, 0.4) is 0 Å². The smallest absolute Gasteiger partial charge is 0.320 e. The largest absolute Gasteiger partial charge is 0.482 e. The lowest BCUT2D eigenvalue weighted by atomic mass is 9.87. The minimum atomic E-state index is -0.267. The van der Waals surface area contributed by atoms with E-state index in [2.05, 4.69) is 38.1 Å². The molecule has 0 N–H and O–H groups in total. The lowest BCUT2D eigenvalue weighted by Crippen LogP contribution is -2.54. The van der Waals surface area contributed by atoms with E-state index in [4.69, 9.17) is 9.47 Å². The van der Waals surface area contributed by atoms with E-state index in [9.17, 15) is 4.79 Å². The van der Waals surface area contributed by atoms with Crippen LogP contribution >= 0.6 is 0 Å². The number of carbonyl (C=O) groups is 1. The number of ether oxygens (including phenoxy) is 2. The van der Waals surface area contributed by atoms with E-state index < -0.39 is 0 Å². The summed E-state index contributed by atoms with van der Waals surface area (Å²) in [5.41, 5.74) is 3.43. The molecule has 4 rings (SSSR count). The number of fused-ring (bicyclic) bond motifs is 1. The van der Waals surface area contributed by atoms with Crippen LogP contribution in [0.25, 0.3) is 6.08 Å². The predicted molar refractivity (Wildman–Crippen MR) is 96.9 cm³/mol. The number of nitrogens with zero attached hydrogens (tertiary/aromatic N) is 2. The number of likely N-dealkylation sites (tertiary alicyclic amines) is 1. The van der Waals surface area contributed by atoms with Crippen LogP contribution in [0.1, 0.15) is 29.5 Å². The van der Waals surface area contributed by atoms with E-state index in [1.165, 1.54) is 11.1 Å². The van der Waals surface area contributed by atoms with Crippen molar-refractivity contribution in [3.63, 3.8) is 0 Å². The Labute approximate surface area is 149 Å².